The minimum atomic E-state index is -0.230. The predicted molar refractivity (Wildman–Crippen MR) is 115 cm³/mol. The molecule has 2 aliphatic rings. The van der Waals surface area contributed by atoms with E-state index in [9.17, 15) is 14.8 Å². The molecule has 7 nitrogen and oxygen atoms in total. The lowest BCUT2D eigenvalue weighted by molar-refractivity contribution is -0.140. The Balaban J connectivity index is 1.47. The summed E-state index contributed by atoms with van der Waals surface area (Å²) < 4.78 is 4.68. The second kappa shape index (κ2) is 8.57. The van der Waals surface area contributed by atoms with E-state index in [1.807, 2.05) is 42.5 Å². The number of nitrogens with zero attached hydrogens (tertiary/aromatic N) is 3. The maximum atomic E-state index is 13.1. The second-order valence-electron chi connectivity index (χ2n) is 7.57. The summed E-state index contributed by atoms with van der Waals surface area (Å²) in [5, 5.41) is 12.6. The number of oxime groups is 1. The molecular formula is C23H25N3O4. The number of carbonyl (C=O) groups excluding carboxylic acids is 2. The molecule has 4 rings (SSSR count). The molecule has 1 aliphatic heterocycles. The number of anilines is 2. The Bertz CT molecular complexity index is 984. The zero-order valence-corrected chi connectivity index (χ0v) is 17.0. The van der Waals surface area contributed by atoms with Crippen LogP contribution in [0, 0.1) is 0 Å². The molecule has 156 valence electrons. The van der Waals surface area contributed by atoms with Crippen LogP contribution in [0.3, 0.4) is 0 Å². The summed E-state index contributed by atoms with van der Waals surface area (Å²) in [6.07, 6.45) is 3.59. The average molecular weight is 407 g/mol. The lowest BCUT2D eigenvalue weighted by atomic mass is 9.89. The lowest BCUT2D eigenvalue weighted by Gasteiger charge is -2.22. The second-order valence-corrected chi connectivity index (χ2v) is 7.57. The van der Waals surface area contributed by atoms with Gasteiger partial charge in [-0.2, -0.15) is 0 Å². The largest absolute Gasteiger partial charge is 0.469 e. The fourth-order valence-electron chi connectivity index (χ4n) is 4.13. The van der Waals surface area contributed by atoms with Gasteiger partial charge >= 0.3 is 12.0 Å². The molecule has 2 amide bonds. The molecule has 0 aromatic heterocycles. The van der Waals surface area contributed by atoms with Gasteiger partial charge in [-0.3, -0.25) is 14.6 Å². The molecular weight excluding hydrogens is 382 g/mol. The van der Waals surface area contributed by atoms with Gasteiger partial charge in [0, 0.05) is 36.4 Å². The van der Waals surface area contributed by atoms with Crippen LogP contribution >= 0.6 is 0 Å². The van der Waals surface area contributed by atoms with Crippen LogP contribution in [0.5, 0.6) is 0 Å². The highest BCUT2D eigenvalue weighted by molar-refractivity contribution is 6.07. The van der Waals surface area contributed by atoms with E-state index in [0.29, 0.717) is 31.6 Å². The number of hydrogen-bond acceptors (Lipinski definition) is 5. The van der Waals surface area contributed by atoms with E-state index >= 15 is 0 Å². The van der Waals surface area contributed by atoms with Crippen molar-refractivity contribution in [2.24, 2.45) is 5.16 Å². The van der Waals surface area contributed by atoms with E-state index in [2.05, 4.69) is 9.89 Å². The van der Waals surface area contributed by atoms with Gasteiger partial charge in [0.15, 0.2) is 0 Å². The summed E-state index contributed by atoms with van der Waals surface area (Å²) in [4.78, 5) is 27.9. The smallest absolute Gasteiger partial charge is 0.329 e. The van der Waals surface area contributed by atoms with Gasteiger partial charge in [0.25, 0.3) is 0 Å². The molecule has 7 heteroatoms. The third-order valence-electron chi connectivity index (χ3n) is 5.79. The highest BCUT2D eigenvalue weighted by atomic mass is 16.5. The van der Waals surface area contributed by atoms with Crippen molar-refractivity contribution in [1.82, 2.24) is 0 Å². The van der Waals surface area contributed by atoms with Gasteiger partial charge in [0.1, 0.15) is 0 Å². The molecule has 0 spiro atoms. The van der Waals surface area contributed by atoms with Gasteiger partial charge in [0.05, 0.1) is 12.8 Å². The summed E-state index contributed by atoms with van der Waals surface area (Å²) in [7, 11) is 1.39. The van der Waals surface area contributed by atoms with E-state index < -0.39 is 0 Å². The Labute approximate surface area is 175 Å². The molecule has 1 fully saturated rings. The number of benzene rings is 2. The molecule has 30 heavy (non-hydrogen) atoms. The Morgan fingerprint density at radius 2 is 1.77 bits per heavy atom. The summed E-state index contributed by atoms with van der Waals surface area (Å²) in [5.74, 6) is -0.230. The number of amides is 2. The zero-order valence-electron chi connectivity index (χ0n) is 17.0. The van der Waals surface area contributed by atoms with Gasteiger partial charge in [-0.05, 0) is 61.1 Å². The number of urea groups is 1. The SMILES string of the molecule is COC(=O)CCc1ccc(N2CCN(c3ccc4c(c3)CCCC4=NO)C2=O)cc1. The Kier molecular flexibility index (Phi) is 5.70. The third-order valence-corrected chi connectivity index (χ3v) is 5.79. The maximum Gasteiger partial charge on any atom is 0.329 e. The van der Waals surface area contributed by atoms with Crippen LogP contribution in [0.4, 0.5) is 16.2 Å². The number of esters is 1. The molecule has 0 bridgehead atoms. The molecule has 1 heterocycles. The first-order valence-corrected chi connectivity index (χ1v) is 10.2. The van der Waals surface area contributed by atoms with Crippen molar-refractivity contribution in [2.45, 2.75) is 32.1 Å². The first-order valence-electron chi connectivity index (χ1n) is 10.2. The van der Waals surface area contributed by atoms with Crippen LogP contribution in [0.1, 0.15) is 36.0 Å². The highest BCUT2D eigenvalue weighted by Gasteiger charge is 2.31. The van der Waals surface area contributed by atoms with Crippen molar-refractivity contribution < 1.29 is 19.5 Å². The number of methoxy groups -OCH3 is 1. The number of fused-ring (bicyclic) bond motifs is 1. The Morgan fingerprint density at radius 1 is 1.07 bits per heavy atom. The third kappa shape index (κ3) is 3.87. The summed E-state index contributed by atoms with van der Waals surface area (Å²) in [5.41, 5.74) is 5.55. The van der Waals surface area contributed by atoms with Gasteiger partial charge < -0.3 is 9.94 Å². The van der Waals surface area contributed by atoms with Gasteiger partial charge in [-0.25, -0.2) is 4.79 Å². The van der Waals surface area contributed by atoms with Crippen molar-refractivity contribution in [2.75, 3.05) is 30.0 Å². The van der Waals surface area contributed by atoms with Gasteiger partial charge in [-0.15, -0.1) is 0 Å². The molecule has 1 N–H and O–H groups in total. The van der Waals surface area contributed by atoms with Crippen LogP contribution in [0.15, 0.2) is 47.6 Å². The number of ether oxygens (including phenoxy) is 1. The fraction of sp³-hybridized carbons (Fsp3) is 0.348. The van der Waals surface area contributed by atoms with E-state index in [1.165, 1.54) is 7.11 Å². The molecule has 0 radical (unpaired) electrons. The van der Waals surface area contributed by atoms with Crippen LogP contribution in [0.25, 0.3) is 0 Å². The number of carbonyl (C=O) groups is 2. The van der Waals surface area contributed by atoms with Crippen molar-refractivity contribution in [3.8, 4) is 0 Å². The van der Waals surface area contributed by atoms with Crippen molar-refractivity contribution in [3.05, 3.63) is 59.2 Å². The summed E-state index contributed by atoms with van der Waals surface area (Å²) in [6, 6.07) is 13.6. The average Bonchev–Trinajstić information content (AvgIpc) is 3.18. The van der Waals surface area contributed by atoms with Crippen LogP contribution < -0.4 is 9.80 Å². The topological polar surface area (TPSA) is 82.4 Å². The van der Waals surface area contributed by atoms with E-state index in [0.717, 1.165) is 47.3 Å². The first-order chi connectivity index (χ1) is 14.6. The van der Waals surface area contributed by atoms with Crippen molar-refractivity contribution in [3.63, 3.8) is 0 Å². The quantitative estimate of drug-likeness (QED) is 0.465. The lowest BCUT2D eigenvalue weighted by Crippen LogP contribution is -2.31. The van der Waals surface area contributed by atoms with Gasteiger partial charge in [0.2, 0.25) is 0 Å². The maximum absolute atomic E-state index is 13.1. The molecule has 1 saturated heterocycles. The molecule has 2 aromatic carbocycles. The minimum absolute atomic E-state index is 0.0517. The number of aryl methyl sites for hydroxylation is 2. The predicted octanol–water partition coefficient (Wildman–Crippen LogP) is 3.75. The summed E-state index contributed by atoms with van der Waals surface area (Å²) in [6.45, 7) is 1.23. The van der Waals surface area contributed by atoms with E-state index in [4.69, 9.17) is 0 Å². The van der Waals surface area contributed by atoms with Crippen LogP contribution in [-0.2, 0) is 22.4 Å². The van der Waals surface area contributed by atoms with Crippen molar-refractivity contribution in [1.29, 1.82) is 0 Å². The Hall–Kier alpha value is -3.35. The molecule has 0 unspecified atom stereocenters. The van der Waals surface area contributed by atoms with E-state index in [-0.39, 0.29) is 12.0 Å². The monoisotopic (exact) mass is 407 g/mol. The van der Waals surface area contributed by atoms with Crippen molar-refractivity contribution >= 4 is 29.1 Å². The fourth-order valence-corrected chi connectivity index (χ4v) is 4.13. The Morgan fingerprint density at radius 3 is 2.47 bits per heavy atom. The minimum Gasteiger partial charge on any atom is -0.469 e. The van der Waals surface area contributed by atoms with Crippen LogP contribution in [-0.4, -0.2) is 43.1 Å². The molecule has 2 aromatic rings. The normalized spacial score (nSPS) is 17.4. The molecule has 0 saturated carbocycles. The first kappa shape index (κ1) is 19.9. The van der Waals surface area contributed by atoms with Gasteiger partial charge in [-0.1, -0.05) is 23.4 Å². The molecule has 1 aliphatic carbocycles. The molecule has 0 atom stereocenters. The number of hydrogen-bond donors (Lipinski definition) is 1. The van der Waals surface area contributed by atoms with Crippen LogP contribution in [0.2, 0.25) is 0 Å². The standard InChI is InChI=1S/C23H25N3O4/c1-30-22(27)12-7-16-5-8-18(9-6-16)25-13-14-26(23(25)28)19-10-11-20-17(15-19)3-2-4-21(20)24-29/h5-6,8-11,15,29H,2-4,7,12-14H2,1H3. The zero-order chi connectivity index (χ0) is 21.1. The van der Waals surface area contributed by atoms with E-state index in [1.54, 1.807) is 9.80 Å². The highest BCUT2D eigenvalue weighted by Crippen LogP contribution is 2.30. The number of rotatable bonds is 5. The summed E-state index contributed by atoms with van der Waals surface area (Å²) >= 11 is 0.